The van der Waals surface area contributed by atoms with E-state index in [1.165, 1.54) is 71.0 Å². The number of hydrogen-bond acceptors (Lipinski definition) is 3. The molecule has 4 rings (SSSR count). The third-order valence-corrected chi connectivity index (χ3v) is 8.86. The normalized spacial score (nSPS) is 14.2. The van der Waals surface area contributed by atoms with Crippen LogP contribution in [0.2, 0.25) is 0 Å². The van der Waals surface area contributed by atoms with Crippen molar-refractivity contribution >= 4 is 6.15 Å². The van der Waals surface area contributed by atoms with Gasteiger partial charge in [0.1, 0.15) is 0 Å². The Morgan fingerprint density at radius 2 is 1.48 bits per heavy atom. The average Bonchev–Trinajstić information content (AvgIpc) is 2.95. The summed E-state index contributed by atoms with van der Waals surface area (Å²) in [6.07, 6.45) is 13.1. The third-order valence-electron chi connectivity index (χ3n) is 8.86. The van der Waals surface area contributed by atoms with Gasteiger partial charge in [-0.3, -0.25) is 4.98 Å². The average molecular weight is 536 g/mol. The van der Waals surface area contributed by atoms with Gasteiger partial charge in [0.05, 0.1) is 5.69 Å². The quantitative estimate of drug-likeness (QED) is 0.283. The molecular formula is C37H45NO2. The molecule has 0 atom stereocenters. The zero-order valence-electron chi connectivity index (χ0n) is 25.3. The lowest BCUT2D eigenvalue weighted by Crippen LogP contribution is -2.26. The number of rotatable bonds is 7. The van der Waals surface area contributed by atoms with Crippen LogP contribution < -0.4 is 0 Å². The number of nitrogens with zero attached hydrogens (tertiary/aromatic N) is 1. The molecule has 1 heterocycles. The van der Waals surface area contributed by atoms with Crippen molar-refractivity contribution in [2.45, 2.75) is 105 Å². The lowest BCUT2D eigenvalue weighted by molar-refractivity contribution is -0.191. The number of aromatic nitrogens is 1. The first-order valence-corrected chi connectivity index (χ1v) is 15.0. The maximum absolute atomic E-state index is 8.12. The van der Waals surface area contributed by atoms with Gasteiger partial charge in [0, 0.05) is 28.2 Å². The summed E-state index contributed by atoms with van der Waals surface area (Å²) in [6, 6.07) is 18.4. The molecule has 0 amide bonds. The first-order chi connectivity index (χ1) is 19.3. The Hall–Kier alpha value is -3.47. The molecule has 1 saturated carbocycles. The van der Waals surface area contributed by atoms with E-state index < -0.39 is 0 Å². The summed E-state index contributed by atoms with van der Waals surface area (Å²) in [4.78, 5) is 21.0. The van der Waals surface area contributed by atoms with E-state index in [0.29, 0.717) is 0 Å². The van der Waals surface area contributed by atoms with Crippen molar-refractivity contribution in [3.8, 4) is 23.1 Å². The van der Waals surface area contributed by atoms with E-state index >= 15 is 0 Å². The molecule has 0 unspecified atom stereocenters. The van der Waals surface area contributed by atoms with Crippen LogP contribution in [0.3, 0.4) is 0 Å². The van der Waals surface area contributed by atoms with E-state index in [1.807, 2.05) is 6.20 Å². The molecular weight excluding hydrogens is 490 g/mol. The molecule has 0 radical (unpaired) electrons. The molecule has 0 N–H and O–H groups in total. The van der Waals surface area contributed by atoms with Crippen molar-refractivity contribution in [3.05, 3.63) is 88.1 Å². The Morgan fingerprint density at radius 3 is 2.00 bits per heavy atom. The Bertz CT molecular complexity index is 1360. The van der Waals surface area contributed by atoms with Crippen molar-refractivity contribution in [2.24, 2.45) is 5.41 Å². The molecule has 3 nitrogen and oxygen atoms in total. The van der Waals surface area contributed by atoms with Crippen molar-refractivity contribution in [1.29, 1.82) is 0 Å². The van der Waals surface area contributed by atoms with Crippen LogP contribution in [-0.2, 0) is 21.4 Å². The van der Waals surface area contributed by atoms with Gasteiger partial charge in [-0.2, -0.15) is 9.59 Å². The first-order valence-electron chi connectivity index (χ1n) is 15.0. The minimum absolute atomic E-state index is 0.00618. The molecule has 2 aromatic carbocycles. The molecule has 0 spiro atoms. The molecule has 0 aliphatic heterocycles. The van der Waals surface area contributed by atoms with Crippen LogP contribution in [0.15, 0.2) is 54.7 Å². The highest BCUT2D eigenvalue weighted by atomic mass is 16.2. The van der Waals surface area contributed by atoms with Gasteiger partial charge in [0.25, 0.3) is 0 Å². The highest BCUT2D eigenvalue weighted by Gasteiger charge is 2.31. The van der Waals surface area contributed by atoms with Crippen molar-refractivity contribution < 1.29 is 9.59 Å². The van der Waals surface area contributed by atoms with E-state index in [-0.39, 0.29) is 17.0 Å². The van der Waals surface area contributed by atoms with Gasteiger partial charge in [-0.1, -0.05) is 94.7 Å². The smallest absolute Gasteiger partial charge is 0.256 e. The van der Waals surface area contributed by atoms with Crippen molar-refractivity contribution in [1.82, 2.24) is 4.98 Å². The summed E-state index contributed by atoms with van der Waals surface area (Å²) in [5, 5.41) is 0. The maximum Gasteiger partial charge on any atom is 0.373 e. The molecule has 1 aliphatic rings. The molecule has 1 aliphatic carbocycles. The topological polar surface area (TPSA) is 47.0 Å². The SMILES string of the molecule is CCCc1ccc(-c2ccc(C(CC)(CC)c3ccc(C#CC4(C)CCCCC4)c(C)c3)cc2C)nc1.O=C=O. The summed E-state index contributed by atoms with van der Waals surface area (Å²) in [6.45, 7) is 13.7. The molecule has 0 bridgehead atoms. The zero-order chi connectivity index (χ0) is 29.2. The van der Waals surface area contributed by atoms with Gasteiger partial charge in [0.15, 0.2) is 0 Å². The number of hydrogen-bond donors (Lipinski definition) is 0. The Labute approximate surface area is 241 Å². The second-order valence-electron chi connectivity index (χ2n) is 11.6. The van der Waals surface area contributed by atoms with E-state index in [4.69, 9.17) is 14.6 Å². The molecule has 0 saturated heterocycles. The largest absolute Gasteiger partial charge is 0.373 e. The lowest BCUT2D eigenvalue weighted by Gasteiger charge is -2.34. The predicted octanol–water partition coefficient (Wildman–Crippen LogP) is 9.16. The van der Waals surface area contributed by atoms with Gasteiger partial charge >= 0.3 is 6.15 Å². The molecule has 1 fully saturated rings. The van der Waals surface area contributed by atoms with Crippen molar-refractivity contribution in [3.63, 3.8) is 0 Å². The van der Waals surface area contributed by atoms with Crippen LogP contribution in [0.25, 0.3) is 11.3 Å². The van der Waals surface area contributed by atoms with E-state index in [0.717, 1.165) is 31.4 Å². The van der Waals surface area contributed by atoms with E-state index in [2.05, 4.69) is 102 Å². The summed E-state index contributed by atoms with van der Waals surface area (Å²) in [7, 11) is 0. The van der Waals surface area contributed by atoms with Crippen LogP contribution in [-0.4, -0.2) is 11.1 Å². The van der Waals surface area contributed by atoms with Crippen LogP contribution in [0.5, 0.6) is 0 Å². The van der Waals surface area contributed by atoms with Gasteiger partial charge < -0.3 is 0 Å². The number of pyridine rings is 1. The fourth-order valence-corrected chi connectivity index (χ4v) is 6.28. The molecule has 3 aromatic rings. The summed E-state index contributed by atoms with van der Waals surface area (Å²) >= 11 is 0. The van der Waals surface area contributed by atoms with Crippen LogP contribution in [0.4, 0.5) is 0 Å². The van der Waals surface area contributed by atoms with Gasteiger partial charge in [-0.15, -0.1) is 0 Å². The van der Waals surface area contributed by atoms with Crippen molar-refractivity contribution in [2.75, 3.05) is 0 Å². The Balaban J connectivity index is 0.00000141. The minimum atomic E-state index is -0.00618. The fourth-order valence-electron chi connectivity index (χ4n) is 6.28. The van der Waals surface area contributed by atoms with Crippen LogP contribution in [0, 0.1) is 31.1 Å². The number of carbonyl (C=O) groups excluding carboxylic acids is 2. The molecule has 210 valence electrons. The third kappa shape index (κ3) is 7.18. The second-order valence-corrected chi connectivity index (χ2v) is 11.6. The summed E-state index contributed by atoms with van der Waals surface area (Å²) < 4.78 is 0. The van der Waals surface area contributed by atoms with Gasteiger partial charge in [-0.05, 0) is 92.8 Å². The predicted molar refractivity (Wildman–Crippen MR) is 164 cm³/mol. The number of benzene rings is 2. The Morgan fingerprint density at radius 1 is 0.850 bits per heavy atom. The standard InChI is InChI=1S/C36H45N.CO2/c1-7-13-29-14-19-34(37-26-29)33-18-17-32(25-28(33)5)36(8-2,9-3)31-16-15-30(27(4)24-31)20-23-35(6)21-11-10-12-22-35;2-1-3/h14-19,24-26H,7-13,21-22H2,1-6H3;. The molecule has 3 heteroatoms. The van der Waals surface area contributed by atoms with Gasteiger partial charge in [0.2, 0.25) is 0 Å². The second kappa shape index (κ2) is 14.2. The van der Waals surface area contributed by atoms with E-state index in [1.54, 1.807) is 0 Å². The molecule has 1 aromatic heterocycles. The Kier molecular flexibility index (Phi) is 11.1. The highest BCUT2D eigenvalue weighted by Crippen LogP contribution is 2.41. The summed E-state index contributed by atoms with van der Waals surface area (Å²) in [5.41, 5.74) is 10.3. The van der Waals surface area contributed by atoms with Crippen LogP contribution in [0.1, 0.15) is 112 Å². The van der Waals surface area contributed by atoms with Gasteiger partial charge in [-0.25, -0.2) is 0 Å². The highest BCUT2D eigenvalue weighted by molar-refractivity contribution is 5.65. The fraction of sp³-hybridized carbons (Fsp3) is 0.459. The van der Waals surface area contributed by atoms with E-state index in [9.17, 15) is 0 Å². The lowest BCUT2D eigenvalue weighted by atomic mass is 9.69. The maximum atomic E-state index is 8.12. The van der Waals surface area contributed by atoms with Crippen LogP contribution >= 0.6 is 0 Å². The number of aryl methyl sites for hydroxylation is 3. The molecule has 40 heavy (non-hydrogen) atoms. The zero-order valence-corrected chi connectivity index (χ0v) is 25.3. The monoisotopic (exact) mass is 535 g/mol. The summed E-state index contributed by atoms with van der Waals surface area (Å²) in [5.74, 6) is 7.22. The first kappa shape index (κ1) is 31.1. The minimum Gasteiger partial charge on any atom is -0.256 e.